The van der Waals surface area contributed by atoms with Crippen LogP contribution in [0.25, 0.3) is 15.9 Å². The highest BCUT2D eigenvalue weighted by Gasteiger charge is 2.17. The molecule has 5 nitrogen and oxygen atoms in total. The second kappa shape index (κ2) is 7.25. The Morgan fingerprint density at radius 2 is 1.89 bits per heavy atom. The van der Waals surface area contributed by atoms with Crippen LogP contribution >= 0.6 is 11.3 Å². The number of aromatic nitrogens is 2. The zero-order valence-electron chi connectivity index (χ0n) is 15.1. The minimum Gasteiger partial charge on any atom is -0.497 e. The molecule has 2 aromatic heterocycles. The lowest BCUT2D eigenvalue weighted by molar-refractivity contribution is 0.0955. The molecule has 6 heteroatoms. The number of ether oxygens (including phenoxy) is 1. The smallest absolute Gasteiger partial charge is 0.261 e. The van der Waals surface area contributed by atoms with Crippen molar-refractivity contribution < 1.29 is 9.53 Å². The molecule has 2 aromatic carbocycles. The molecule has 2 heterocycles. The standard InChI is InChI=1S/C21H19N3O2S/c1-14-18-12-19(20(25)22-13-15-8-10-17(26-2)11-9-15)27-21(18)24(23-14)16-6-4-3-5-7-16/h3-12H,13H2,1-2H3,(H,22,25). The van der Waals surface area contributed by atoms with Crippen LogP contribution in [0.5, 0.6) is 5.75 Å². The molecule has 0 saturated carbocycles. The van der Waals surface area contributed by atoms with E-state index in [-0.39, 0.29) is 5.91 Å². The summed E-state index contributed by atoms with van der Waals surface area (Å²) in [7, 11) is 1.64. The Morgan fingerprint density at radius 1 is 1.15 bits per heavy atom. The van der Waals surface area contributed by atoms with Crippen molar-refractivity contribution in [2.45, 2.75) is 13.5 Å². The Labute approximate surface area is 161 Å². The molecule has 0 radical (unpaired) electrons. The molecule has 0 atom stereocenters. The van der Waals surface area contributed by atoms with Crippen molar-refractivity contribution >= 4 is 27.5 Å². The van der Waals surface area contributed by atoms with Gasteiger partial charge in [-0.15, -0.1) is 11.3 Å². The first-order chi connectivity index (χ1) is 13.2. The third-order valence-electron chi connectivity index (χ3n) is 4.38. The third-order valence-corrected chi connectivity index (χ3v) is 5.49. The van der Waals surface area contributed by atoms with Crippen molar-refractivity contribution in [2.24, 2.45) is 0 Å². The molecule has 1 N–H and O–H groups in total. The first-order valence-corrected chi connectivity index (χ1v) is 9.43. The van der Waals surface area contributed by atoms with E-state index in [0.29, 0.717) is 11.4 Å². The van der Waals surface area contributed by atoms with Crippen LogP contribution < -0.4 is 10.1 Å². The number of aryl methyl sites for hydroxylation is 1. The number of carbonyl (C=O) groups is 1. The van der Waals surface area contributed by atoms with Crippen LogP contribution in [0.4, 0.5) is 0 Å². The molecule has 0 aliphatic heterocycles. The number of thiophene rings is 1. The van der Waals surface area contributed by atoms with Gasteiger partial charge < -0.3 is 10.1 Å². The fourth-order valence-corrected chi connectivity index (χ4v) is 4.02. The van der Waals surface area contributed by atoms with Crippen molar-refractivity contribution in [1.29, 1.82) is 0 Å². The first kappa shape index (κ1) is 17.3. The molecule has 0 fully saturated rings. The minimum absolute atomic E-state index is 0.0778. The van der Waals surface area contributed by atoms with Gasteiger partial charge in [-0.2, -0.15) is 5.10 Å². The number of hydrogen-bond donors (Lipinski definition) is 1. The fraction of sp³-hybridized carbons (Fsp3) is 0.143. The van der Waals surface area contributed by atoms with Gasteiger partial charge in [0, 0.05) is 11.9 Å². The molecule has 0 unspecified atom stereocenters. The number of benzene rings is 2. The predicted octanol–water partition coefficient (Wildman–Crippen LogP) is 4.33. The Balaban J connectivity index is 1.55. The van der Waals surface area contributed by atoms with Gasteiger partial charge in [-0.05, 0) is 42.8 Å². The van der Waals surface area contributed by atoms with Crippen molar-refractivity contribution in [3.05, 3.63) is 76.8 Å². The zero-order valence-corrected chi connectivity index (χ0v) is 15.9. The van der Waals surface area contributed by atoms with Gasteiger partial charge in [0.1, 0.15) is 10.6 Å². The highest BCUT2D eigenvalue weighted by Crippen LogP contribution is 2.30. The van der Waals surface area contributed by atoms with Crippen LogP contribution in [-0.4, -0.2) is 22.8 Å². The van der Waals surface area contributed by atoms with E-state index in [0.717, 1.165) is 32.9 Å². The van der Waals surface area contributed by atoms with E-state index >= 15 is 0 Å². The molecule has 4 aromatic rings. The van der Waals surface area contributed by atoms with Gasteiger partial charge in [0.25, 0.3) is 5.91 Å². The molecule has 27 heavy (non-hydrogen) atoms. The van der Waals surface area contributed by atoms with Crippen molar-refractivity contribution in [3.63, 3.8) is 0 Å². The fourth-order valence-electron chi connectivity index (χ4n) is 2.92. The van der Waals surface area contributed by atoms with Gasteiger partial charge in [0.2, 0.25) is 0 Å². The number of para-hydroxylation sites is 1. The van der Waals surface area contributed by atoms with Gasteiger partial charge in [0.05, 0.1) is 23.4 Å². The molecule has 136 valence electrons. The normalized spacial score (nSPS) is 10.9. The summed E-state index contributed by atoms with van der Waals surface area (Å²) in [5, 5.41) is 8.61. The predicted molar refractivity (Wildman–Crippen MR) is 108 cm³/mol. The molecule has 0 aliphatic carbocycles. The molecule has 1 amide bonds. The second-order valence-corrected chi connectivity index (χ2v) is 7.22. The van der Waals surface area contributed by atoms with E-state index in [1.807, 2.05) is 72.3 Å². The number of amides is 1. The van der Waals surface area contributed by atoms with Gasteiger partial charge in [-0.3, -0.25) is 4.79 Å². The summed E-state index contributed by atoms with van der Waals surface area (Å²) in [6.07, 6.45) is 0. The summed E-state index contributed by atoms with van der Waals surface area (Å²) >= 11 is 1.46. The summed E-state index contributed by atoms with van der Waals surface area (Å²) in [6.45, 7) is 2.44. The Hall–Kier alpha value is -3.12. The van der Waals surface area contributed by atoms with Gasteiger partial charge in [-0.1, -0.05) is 30.3 Å². The molecule has 4 rings (SSSR count). The molecule has 0 spiro atoms. The van der Waals surface area contributed by atoms with Crippen molar-refractivity contribution in [3.8, 4) is 11.4 Å². The summed E-state index contributed by atoms with van der Waals surface area (Å²) in [5.74, 6) is 0.724. The number of fused-ring (bicyclic) bond motifs is 1. The van der Waals surface area contributed by atoms with Crippen LogP contribution in [0.3, 0.4) is 0 Å². The Morgan fingerprint density at radius 3 is 2.59 bits per heavy atom. The third kappa shape index (κ3) is 3.44. The van der Waals surface area contributed by atoms with E-state index < -0.39 is 0 Å². The number of nitrogens with one attached hydrogen (secondary N) is 1. The summed E-state index contributed by atoms with van der Waals surface area (Å²) in [6, 6.07) is 19.5. The number of rotatable bonds is 5. The van der Waals surface area contributed by atoms with Crippen LogP contribution in [0.15, 0.2) is 60.7 Å². The number of nitrogens with zero attached hydrogens (tertiary/aromatic N) is 2. The molecular weight excluding hydrogens is 358 g/mol. The molecular formula is C21H19N3O2S. The minimum atomic E-state index is -0.0778. The highest BCUT2D eigenvalue weighted by atomic mass is 32.1. The summed E-state index contributed by atoms with van der Waals surface area (Å²) in [5.41, 5.74) is 2.93. The maximum absolute atomic E-state index is 12.6. The largest absolute Gasteiger partial charge is 0.497 e. The highest BCUT2D eigenvalue weighted by molar-refractivity contribution is 7.20. The van der Waals surface area contributed by atoms with Gasteiger partial charge >= 0.3 is 0 Å². The average Bonchev–Trinajstić information content (AvgIpc) is 3.28. The second-order valence-electron chi connectivity index (χ2n) is 6.19. The number of methoxy groups -OCH3 is 1. The maximum Gasteiger partial charge on any atom is 0.261 e. The van der Waals surface area contributed by atoms with Crippen LogP contribution in [0.2, 0.25) is 0 Å². The SMILES string of the molecule is COc1ccc(CNC(=O)c2cc3c(C)nn(-c4ccccc4)c3s2)cc1. The molecule has 0 bridgehead atoms. The summed E-state index contributed by atoms with van der Waals surface area (Å²) in [4.78, 5) is 14.3. The van der Waals surface area contributed by atoms with E-state index in [1.54, 1.807) is 7.11 Å². The van der Waals surface area contributed by atoms with E-state index in [9.17, 15) is 4.79 Å². The van der Waals surface area contributed by atoms with Crippen molar-refractivity contribution in [1.82, 2.24) is 15.1 Å². The van der Waals surface area contributed by atoms with E-state index in [1.165, 1.54) is 11.3 Å². The molecule has 0 aliphatic rings. The van der Waals surface area contributed by atoms with Crippen LogP contribution in [-0.2, 0) is 6.54 Å². The van der Waals surface area contributed by atoms with Crippen molar-refractivity contribution in [2.75, 3.05) is 7.11 Å². The van der Waals surface area contributed by atoms with Gasteiger partial charge in [-0.25, -0.2) is 4.68 Å². The summed E-state index contributed by atoms with van der Waals surface area (Å²) < 4.78 is 7.05. The zero-order chi connectivity index (χ0) is 18.8. The monoisotopic (exact) mass is 377 g/mol. The Bertz CT molecular complexity index is 1080. The van der Waals surface area contributed by atoms with Crippen LogP contribution in [0, 0.1) is 6.92 Å². The van der Waals surface area contributed by atoms with E-state index in [4.69, 9.17) is 4.74 Å². The Kier molecular flexibility index (Phi) is 4.64. The first-order valence-electron chi connectivity index (χ1n) is 8.61. The average molecular weight is 377 g/mol. The molecule has 0 saturated heterocycles. The number of hydrogen-bond acceptors (Lipinski definition) is 4. The topological polar surface area (TPSA) is 56.1 Å². The lowest BCUT2D eigenvalue weighted by Crippen LogP contribution is -2.21. The van der Waals surface area contributed by atoms with Crippen LogP contribution in [0.1, 0.15) is 20.9 Å². The van der Waals surface area contributed by atoms with Gasteiger partial charge in [0.15, 0.2) is 0 Å². The van der Waals surface area contributed by atoms with E-state index in [2.05, 4.69) is 10.4 Å². The lowest BCUT2D eigenvalue weighted by atomic mass is 10.2. The quantitative estimate of drug-likeness (QED) is 0.563. The number of carbonyl (C=O) groups excluding carboxylic acids is 1. The lowest BCUT2D eigenvalue weighted by Gasteiger charge is -2.05. The maximum atomic E-state index is 12.6.